The third-order valence-electron chi connectivity index (χ3n) is 3.74. The molecule has 0 saturated heterocycles. The summed E-state index contributed by atoms with van der Waals surface area (Å²) in [7, 11) is 0. The van der Waals surface area contributed by atoms with Gasteiger partial charge in [-0.05, 0) is 35.9 Å². The molecule has 1 heterocycles. The molecular formula is C17H11ClF2N2O4. The number of hydrogen-bond acceptors (Lipinski definition) is 3. The van der Waals surface area contributed by atoms with E-state index in [2.05, 4.69) is 0 Å². The predicted octanol–water partition coefficient (Wildman–Crippen LogP) is 2.23. The van der Waals surface area contributed by atoms with E-state index in [9.17, 15) is 23.2 Å². The molecule has 1 N–H and O–H groups in total. The third-order valence-corrected chi connectivity index (χ3v) is 3.98. The molecule has 26 heavy (non-hydrogen) atoms. The molecule has 134 valence electrons. The SMILES string of the molecule is O=C(O)Cn1c(=O)n(Cc2cc(F)cc(F)c2)c(=O)c2cc(Cl)ccc21. The van der Waals surface area contributed by atoms with E-state index < -0.39 is 41.9 Å². The van der Waals surface area contributed by atoms with Crippen molar-refractivity contribution in [2.45, 2.75) is 13.1 Å². The summed E-state index contributed by atoms with van der Waals surface area (Å²) < 4.78 is 28.4. The van der Waals surface area contributed by atoms with Gasteiger partial charge in [0.2, 0.25) is 0 Å². The molecule has 0 aliphatic carbocycles. The molecule has 6 nitrogen and oxygen atoms in total. The first-order valence-corrected chi connectivity index (χ1v) is 7.73. The molecule has 0 radical (unpaired) electrons. The number of hydrogen-bond donors (Lipinski definition) is 1. The highest BCUT2D eigenvalue weighted by Crippen LogP contribution is 2.16. The van der Waals surface area contributed by atoms with Crippen molar-refractivity contribution in [3.63, 3.8) is 0 Å². The molecule has 0 aliphatic heterocycles. The minimum atomic E-state index is -1.29. The van der Waals surface area contributed by atoms with Crippen LogP contribution in [0.4, 0.5) is 8.78 Å². The molecular weight excluding hydrogens is 370 g/mol. The zero-order chi connectivity index (χ0) is 19.0. The van der Waals surface area contributed by atoms with Gasteiger partial charge >= 0.3 is 11.7 Å². The van der Waals surface area contributed by atoms with Gasteiger partial charge in [-0.2, -0.15) is 0 Å². The van der Waals surface area contributed by atoms with Gasteiger partial charge in [0.25, 0.3) is 5.56 Å². The Morgan fingerprint density at radius 1 is 1.04 bits per heavy atom. The number of carboxylic acid groups (broad SMARTS) is 1. The van der Waals surface area contributed by atoms with Crippen LogP contribution in [0.3, 0.4) is 0 Å². The molecule has 0 aliphatic rings. The summed E-state index contributed by atoms with van der Waals surface area (Å²) in [5.41, 5.74) is -1.49. The lowest BCUT2D eigenvalue weighted by Gasteiger charge is -2.13. The van der Waals surface area contributed by atoms with Gasteiger partial charge in [-0.1, -0.05) is 11.6 Å². The molecule has 3 rings (SSSR count). The maximum Gasteiger partial charge on any atom is 0.332 e. The fraction of sp³-hybridized carbons (Fsp3) is 0.118. The number of carboxylic acids is 1. The fourth-order valence-electron chi connectivity index (χ4n) is 2.71. The summed E-state index contributed by atoms with van der Waals surface area (Å²) in [5, 5.41) is 9.30. The summed E-state index contributed by atoms with van der Waals surface area (Å²) in [6.45, 7) is -1.11. The number of halogens is 3. The van der Waals surface area contributed by atoms with Crippen LogP contribution in [0.15, 0.2) is 46.0 Å². The van der Waals surface area contributed by atoms with E-state index in [1.54, 1.807) is 0 Å². The van der Waals surface area contributed by atoms with Crippen LogP contribution in [0.2, 0.25) is 5.02 Å². The largest absolute Gasteiger partial charge is 0.480 e. The lowest BCUT2D eigenvalue weighted by Crippen LogP contribution is -2.41. The van der Waals surface area contributed by atoms with Crippen LogP contribution in [-0.4, -0.2) is 20.2 Å². The normalized spacial score (nSPS) is 11.0. The average Bonchev–Trinajstić information content (AvgIpc) is 2.54. The molecule has 3 aromatic rings. The predicted molar refractivity (Wildman–Crippen MR) is 90.6 cm³/mol. The van der Waals surface area contributed by atoms with Crippen LogP contribution in [0, 0.1) is 11.6 Å². The van der Waals surface area contributed by atoms with Gasteiger partial charge in [-0.25, -0.2) is 13.6 Å². The Balaban J connectivity index is 2.29. The van der Waals surface area contributed by atoms with Crippen molar-refractivity contribution >= 4 is 28.5 Å². The molecule has 1 aromatic heterocycles. The van der Waals surface area contributed by atoms with Gasteiger partial charge in [-0.3, -0.25) is 18.7 Å². The Bertz CT molecular complexity index is 1130. The molecule has 0 unspecified atom stereocenters. The van der Waals surface area contributed by atoms with Crippen molar-refractivity contribution in [1.29, 1.82) is 0 Å². The van der Waals surface area contributed by atoms with E-state index in [0.717, 1.165) is 21.3 Å². The van der Waals surface area contributed by atoms with Crippen molar-refractivity contribution in [2.24, 2.45) is 0 Å². The van der Waals surface area contributed by atoms with E-state index in [1.165, 1.54) is 18.2 Å². The summed E-state index contributed by atoms with van der Waals surface area (Å²) in [4.78, 5) is 36.4. The summed E-state index contributed by atoms with van der Waals surface area (Å²) in [6.07, 6.45) is 0. The lowest BCUT2D eigenvalue weighted by atomic mass is 10.2. The maximum absolute atomic E-state index is 13.4. The second-order valence-electron chi connectivity index (χ2n) is 5.59. The zero-order valence-corrected chi connectivity index (χ0v) is 13.8. The first-order chi connectivity index (χ1) is 12.3. The Morgan fingerprint density at radius 2 is 1.69 bits per heavy atom. The summed E-state index contributed by atoms with van der Waals surface area (Å²) >= 11 is 5.89. The van der Waals surface area contributed by atoms with Gasteiger partial charge < -0.3 is 5.11 Å². The average molecular weight is 381 g/mol. The molecule has 0 amide bonds. The van der Waals surface area contributed by atoms with E-state index in [1.807, 2.05) is 0 Å². The number of rotatable bonds is 4. The molecule has 0 fully saturated rings. The third kappa shape index (κ3) is 3.36. The maximum atomic E-state index is 13.4. The van der Waals surface area contributed by atoms with Gasteiger partial charge in [0.05, 0.1) is 17.4 Å². The highest BCUT2D eigenvalue weighted by atomic mass is 35.5. The summed E-state index contributed by atoms with van der Waals surface area (Å²) in [6, 6.07) is 6.73. The highest BCUT2D eigenvalue weighted by Gasteiger charge is 2.16. The first-order valence-electron chi connectivity index (χ1n) is 7.36. The van der Waals surface area contributed by atoms with E-state index in [0.29, 0.717) is 6.07 Å². The fourth-order valence-corrected chi connectivity index (χ4v) is 2.88. The lowest BCUT2D eigenvalue weighted by molar-refractivity contribution is -0.137. The smallest absolute Gasteiger partial charge is 0.332 e. The van der Waals surface area contributed by atoms with E-state index in [4.69, 9.17) is 16.7 Å². The molecule has 2 aromatic carbocycles. The number of aromatic nitrogens is 2. The van der Waals surface area contributed by atoms with Crippen molar-refractivity contribution in [1.82, 2.24) is 9.13 Å². The minimum Gasteiger partial charge on any atom is -0.480 e. The van der Waals surface area contributed by atoms with Crippen LogP contribution in [0.5, 0.6) is 0 Å². The van der Waals surface area contributed by atoms with E-state index in [-0.39, 0.29) is 21.5 Å². The Hall–Kier alpha value is -3.00. The zero-order valence-electron chi connectivity index (χ0n) is 13.1. The van der Waals surface area contributed by atoms with Gasteiger partial charge in [0.15, 0.2) is 0 Å². The molecule has 9 heteroatoms. The second kappa shape index (κ2) is 6.72. The number of fused-ring (bicyclic) bond motifs is 1. The van der Waals surface area contributed by atoms with Crippen molar-refractivity contribution in [3.8, 4) is 0 Å². The van der Waals surface area contributed by atoms with Crippen molar-refractivity contribution in [3.05, 3.63) is 79.5 Å². The van der Waals surface area contributed by atoms with Crippen LogP contribution in [0.1, 0.15) is 5.56 Å². The molecule has 0 atom stereocenters. The van der Waals surface area contributed by atoms with Crippen molar-refractivity contribution in [2.75, 3.05) is 0 Å². The first kappa shape index (κ1) is 17.8. The Labute approximate surface area is 149 Å². The molecule has 0 spiro atoms. The Morgan fingerprint density at radius 3 is 2.31 bits per heavy atom. The van der Waals surface area contributed by atoms with Gasteiger partial charge in [0, 0.05) is 11.1 Å². The van der Waals surface area contributed by atoms with Crippen LogP contribution >= 0.6 is 11.6 Å². The second-order valence-corrected chi connectivity index (χ2v) is 6.03. The van der Waals surface area contributed by atoms with E-state index >= 15 is 0 Å². The number of nitrogens with zero attached hydrogens (tertiary/aromatic N) is 2. The number of aliphatic carboxylic acids is 1. The topological polar surface area (TPSA) is 81.3 Å². The monoisotopic (exact) mass is 380 g/mol. The summed E-state index contributed by atoms with van der Waals surface area (Å²) in [5.74, 6) is -3.00. The van der Waals surface area contributed by atoms with Gasteiger partial charge in [-0.15, -0.1) is 0 Å². The van der Waals surface area contributed by atoms with Crippen LogP contribution in [0.25, 0.3) is 10.9 Å². The molecule has 0 bridgehead atoms. The van der Waals surface area contributed by atoms with Crippen LogP contribution in [-0.2, 0) is 17.9 Å². The standard InChI is InChI=1S/C17H11ClF2N2O4/c18-10-1-2-14-13(5-10)16(25)22(17(26)21(14)8-15(23)24)7-9-3-11(19)6-12(20)4-9/h1-6H,7-8H2,(H,23,24). The highest BCUT2D eigenvalue weighted by molar-refractivity contribution is 6.31. The number of benzene rings is 2. The van der Waals surface area contributed by atoms with Crippen molar-refractivity contribution < 1.29 is 18.7 Å². The van der Waals surface area contributed by atoms with Gasteiger partial charge in [0.1, 0.15) is 18.2 Å². The minimum absolute atomic E-state index is 0.0234. The van der Waals surface area contributed by atoms with Crippen LogP contribution < -0.4 is 11.2 Å². The number of carbonyl (C=O) groups is 1. The quantitative estimate of drug-likeness (QED) is 0.752. The Kier molecular flexibility index (Phi) is 4.60. The molecule has 0 saturated carbocycles.